The molecular weight excluding hydrogens is 432 g/mol. The van der Waals surface area contributed by atoms with Gasteiger partial charge in [-0.2, -0.15) is 24.6 Å². The molecule has 13 heteroatoms. The summed E-state index contributed by atoms with van der Waals surface area (Å²) in [5.41, 5.74) is 4.11. The Balaban J connectivity index is 1.60. The molecule has 34 heavy (non-hydrogen) atoms. The lowest BCUT2D eigenvalue weighted by molar-refractivity contribution is -0.00587. The van der Waals surface area contributed by atoms with E-state index in [4.69, 9.17) is 9.72 Å². The third-order valence-electron chi connectivity index (χ3n) is 6.73. The average Bonchev–Trinajstić information content (AvgIpc) is 3.50. The van der Waals surface area contributed by atoms with E-state index >= 15 is 0 Å². The first kappa shape index (κ1) is 21.0. The fourth-order valence-corrected chi connectivity index (χ4v) is 4.99. The number of aromatic nitrogens is 6. The van der Waals surface area contributed by atoms with E-state index in [0.29, 0.717) is 22.8 Å². The fraction of sp³-hybridized carbons (Fsp3) is 0.381. The number of rotatable bonds is 1. The smallest absolute Gasteiger partial charge is 0.257 e. The van der Waals surface area contributed by atoms with E-state index in [0.717, 1.165) is 41.5 Å². The van der Waals surface area contributed by atoms with Crippen molar-refractivity contribution in [3.8, 4) is 0 Å². The van der Waals surface area contributed by atoms with Crippen molar-refractivity contribution < 1.29 is 9.53 Å². The molecule has 4 bridgehead atoms. The molecule has 1 aliphatic heterocycles. The SMILES string of the molecule is BC1(B)O[C@H]2CCC[C@H]2NC(=O)c2cnn3c(NC)cc(nc23)Nc2cc1cc1nn(C)nc21. The Labute approximate surface area is 197 Å². The molecule has 6 rings (SSSR count). The van der Waals surface area contributed by atoms with Gasteiger partial charge in [0.15, 0.2) is 5.65 Å². The maximum Gasteiger partial charge on any atom is 0.257 e. The van der Waals surface area contributed by atoms with Crippen molar-refractivity contribution in [1.29, 1.82) is 0 Å². The maximum atomic E-state index is 13.3. The molecule has 172 valence electrons. The molecular formula is C21H25B2N9O2. The highest BCUT2D eigenvalue weighted by Gasteiger charge is 2.36. The van der Waals surface area contributed by atoms with Gasteiger partial charge in [0.1, 0.15) is 43.9 Å². The molecule has 1 aromatic carbocycles. The van der Waals surface area contributed by atoms with Crippen LogP contribution in [0.15, 0.2) is 24.4 Å². The zero-order valence-corrected chi connectivity index (χ0v) is 19.6. The van der Waals surface area contributed by atoms with E-state index in [2.05, 4.69) is 46.9 Å². The summed E-state index contributed by atoms with van der Waals surface area (Å²) in [7, 11) is 7.71. The van der Waals surface area contributed by atoms with E-state index in [1.807, 2.05) is 25.2 Å². The lowest BCUT2D eigenvalue weighted by atomic mass is 9.61. The number of nitrogens with one attached hydrogen (secondary N) is 3. The van der Waals surface area contributed by atoms with Gasteiger partial charge in [0.05, 0.1) is 24.0 Å². The average molecular weight is 457 g/mol. The number of hydrogen-bond acceptors (Lipinski definition) is 8. The van der Waals surface area contributed by atoms with Crippen LogP contribution in [0.3, 0.4) is 0 Å². The lowest BCUT2D eigenvalue weighted by Gasteiger charge is -2.33. The summed E-state index contributed by atoms with van der Waals surface area (Å²) in [5.74, 6) is 1.06. The van der Waals surface area contributed by atoms with Crippen molar-refractivity contribution in [2.45, 2.75) is 36.8 Å². The number of amides is 1. The minimum absolute atomic E-state index is 0.0885. The van der Waals surface area contributed by atoms with Crippen LogP contribution in [0.2, 0.25) is 0 Å². The highest BCUT2D eigenvalue weighted by atomic mass is 16.5. The minimum atomic E-state index is -0.610. The number of nitrogens with zero attached hydrogens (tertiary/aromatic N) is 6. The lowest BCUT2D eigenvalue weighted by Crippen LogP contribution is -2.45. The van der Waals surface area contributed by atoms with Crippen LogP contribution in [0.25, 0.3) is 16.7 Å². The summed E-state index contributed by atoms with van der Waals surface area (Å²) < 4.78 is 8.28. The normalized spacial score (nSPS) is 21.8. The minimum Gasteiger partial charge on any atom is -0.383 e. The Morgan fingerprint density at radius 2 is 2.09 bits per heavy atom. The molecule has 1 aliphatic carbocycles. The Morgan fingerprint density at radius 3 is 2.91 bits per heavy atom. The Hall–Kier alpha value is -3.60. The summed E-state index contributed by atoms with van der Waals surface area (Å²) in [4.78, 5) is 19.6. The number of aryl methyl sites for hydroxylation is 1. The molecule has 4 aromatic rings. The number of hydrogen-bond donors (Lipinski definition) is 3. The molecule has 4 heterocycles. The molecule has 11 nitrogen and oxygen atoms in total. The van der Waals surface area contributed by atoms with Gasteiger partial charge in [0.25, 0.3) is 5.91 Å². The van der Waals surface area contributed by atoms with E-state index in [-0.39, 0.29) is 18.1 Å². The first-order chi connectivity index (χ1) is 16.3. The Kier molecular flexibility index (Phi) is 4.60. The molecule has 0 spiro atoms. The number of carbonyl (C=O) groups is 1. The number of benzene rings is 1. The van der Waals surface area contributed by atoms with E-state index in [1.54, 1.807) is 22.6 Å². The van der Waals surface area contributed by atoms with Gasteiger partial charge in [-0.15, -0.1) is 0 Å². The molecule has 3 aromatic heterocycles. The van der Waals surface area contributed by atoms with Crippen LogP contribution in [-0.2, 0) is 17.2 Å². The van der Waals surface area contributed by atoms with Crippen LogP contribution in [0.1, 0.15) is 35.2 Å². The molecule has 0 radical (unpaired) electrons. The molecule has 1 fully saturated rings. The molecule has 1 saturated carbocycles. The van der Waals surface area contributed by atoms with Gasteiger partial charge < -0.3 is 20.7 Å². The zero-order valence-electron chi connectivity index (χ0n) is 19.6. The zero-order chi connectivity index (χ0) is 23.6. The third-order valence-corrected chi connectivity index (χ3v) is 6.73. The number of fused-ring (bicyclic) bond motifs is 6. The van der Waals surface area contributed by atoms with Crippen LogP contribution in [-0.4, -0.2) is 70.4 Å². The molecule has 2 atom stereocenters. The highest BCUT2D eigenvalue weighted by Crippen LogP contribution is 2.34. The fourth-order valence-electron chi connectivity index (χ4n) is 4.99. The Bertz CT molecular complexity index is 1450. The molecule has 1 amide bonds. The molecule has 0 saturated heterocycles. The van der Waals surface area contributed by atoms with Gasteiger partial charge in [0, 0.05) is 25.6 Å². The standard InChI is InChI=1S/C21H25B2N9O2/c1-24-17-8-16-26-13-6-10(7-14-18(13)30-31(2)29-14)21(22,23)34-15-5-3-4-12(15)27-20(33)11-9-25-32(17)19(11)28-16/h6-9,12,15,24H,3-5,22-23H2,1-2H3,(H,26,28)(H,27,33)/t12-,15+/m1/s1. The van der Waals surface area contributed by atoms with Crippen molar-refractivity contribution in [3.05, 3.63) is 35.5 Å². The first-order valence-corrected chi connectivity index (χ1v) is 11.5. The highest BCUT2D eigenvalue weighted by molar-refractivity contribution is 6.39. The second kappa shape index (κ2) is 7.45. The predicted octanol–water partition coefficient (Wildman–Crippen LogP) is -0.146. The summed E-state index contributed by atoms with van der Waals surface area (Å²) >= 11 is 0. The number of anilines is 3. The van der Waals surface area contributed by atoms with E-state index in [1.165, 1.54) is 0 Å². The van der Waals surface area contributed by atoms with Crippen LogP contribution in [0.4, 0.5) is 17.3 Å². The molecule has 2 aliphatic rings. The van der Waals surface area contributed by atoms with Crippen molar-refractivity contribution in [2.75, 3.05) is 17.7 Å². The molecule has 3 N–H and O–H groups in total. The van der Waals surface area contributed by atoms with Crippen LogP contribution in [0, 0.1) is 0 Å². The monoisotopic (exact) mass is 457 g/mol. The van der Waals surface area contributed by atoms with Crippen LogP contribution >= 0.6 is 0 Å². The summed E-state index contributed by atoms with van der Waals surface area (Å²) in [6.07, 6.45) is 4.19. The summed E-state index contributed by atoms with van der Waals surface area (Å²) in [5, 5.41) is 22.6. The topological polar surface area (TPSA) is 123 Å². The Morgan fingerprint density at radius 1 is 1.24 bits per heavy atom. The van der Waals surface area contributed by atoms with Crippen molar-refractivity contribution >= 4 is 55.6 Å². The van der Waals surface area contributed by atoms with Crippen LogP contribution < -0.4 is 16.0 Å². The predicted molar refractivity (Wildman–Crippen MR) is 133 cm³/mol. The first-order valence-electron chi connectivity index (χ1n) is 11.5. The van der Waals surface area contributed by atoms with Gasteiger partial charge in [0.2, 0.25) is 0 Å². The largest absolute Gasteiger partial charge is 0.383 e. The number of ether oxygens (including phenoxy) is 1. The van der Waals surface area contributed by atoms with Gasteiger partial charge in [-0.3, -0.25) is 4.79 Å². The summed E-state index contributed by atoms with van der Waals surface area (Å²) in [6.45, 7) is 0. The third kappa shape index (κ3) is 3.30. The van der Waals surface area contributed by atoms with Gasteiger partial charge in [-0.05, 0) is 37.0 Å². The van der Waals surface area contributed by atoms with Crippen molar-refractivity contribution in [3.63, 3.8) is 0 Å². The number of carbonyl (C=O) groups excluding carboxylic acids is 1. The van der Waals surface area contributed by atoms with Crippen molar-refractivity contribution in [1.82, 2.24) is 34.9 Å². The second-order valence-electron chi connectivity index (χ2n) is 9.45. The van der Waals surface area contributed by atoms with Crippen LogP contribution in [0.5, 0.6) is 0 Å². The van der Waals surface area contributed by atoms with E-state index < -0.39 is 5.40 Å². The summed E-state index contributed by atoms with van der Waals surface area (Å²) in [6, 6.07) is 5.83. The quantitative estimate of drug-likeness (QED) is 0.338. The molecule has 0 unspecified atom stereocenters. The van der Waals surface area contributed by atoms with Gasteiger partial charge in [-0.1, -0.05) is 0 Å². The van der Waals surface area contributed by atoms with E-state index in [9.17, 15) is 4.79 Å². The van der Waals surface area contributed by atoms with Crippen molar-refractivity contribution in [2.24, 2.45) is 7.05 Å². The second-order valence-corrected chi connectivity index (χ2v) is 9.45. The van der Waals surface area contributed by atoms with Gasteiger partial charge in [-0.25, -0.2) is 4.98 Å². The van der Waals surface area contributed by atoms with Gasteiger partial charge >= 0.3 is 0 Å². The maximum absolute atomic E-state index is 13.3.